The Bertz CT molecular complexity index is 450. The molecular weight excluding hydrogens is 308 g/mol. The zero-order chi connectivity index (χ0) is 13.9. The molecule has 2 N–H and O–H groups in total. The van der Waals surface area contributed by atoms with Crippen LogP contribution in [0.3, 0.4) is 0 Å². The summed E-state index contributed by atoms with van der Waals surface area (Å²) in [5, 5.41) is 13.1. The van der Waals surface area contributed by atoms with Crippen LogP contribution in [0.4, 0.5) is 0 Å². The summed E-state index contributed by atoms with van der Waals surface area (Å²) >= 11 is 3.40. The maximum atomic E-state index is 12.2. The van der Waals surface area contributed by atoms with Crippen LogP contribution in [0.5, 0.6) is 0 Å². The molecule has 0 bridgehead atoms. The number of rotatable bonds is 5. The Hall–Kier alpha value is -0.810. The van der Waals surface area contributed by atoms with Gasteiger partial charge in [-0.05, 0) is 41.3 Å². The van der Waals surface area contributed by atoms with Crippen molar-refractivity contribution < 1.29 is 9.90 Å². The summed E-state index contributed by atoms with van der Waals surface area (Å²) in [6.07, 6.45) is 6.56. The Labute approximate surface area is 122 Å². The molecule has 0 unspecified atom stereocenters. The lowest BCUT2D eigenvalue weighted by atomic mass is 10.0. The van der Waals surface area contributed by atoms with Crippen molar-refractivity contribution in [3.05, 3.63) is 22.4 Å². The summed E-state index contributed by atoms with van der Waals surface area (Å²) in [7, 11) is 0. The number of carbonyl (C=O) groups is 1. The van der Waals surface area contributed by atoms with E-state index < -0.39 is 5.60 Å². The third kappa shape index (κ3) is 3.60. The predicted molar refractivity (Wildman–Crippen MR) is 78.2 cm³/mol. The molecule has 1 aromatic rings. The second-order valence-electron chi connectivity index (χ2n) is 5.35. The van der Waals surface area contributed by atoms with Crippen molar-refractivity contribution in [2.24, 2.45) is 0 Å². The van der Waals surface area contributed by atoms with Gasteiger partial charge in [0.25, 0.3) is 5.91 Å². The topological polar surface area (TPSA) is 54.3 Å². The molecule has 106 valence electrons. The first-order valence-corrected chi connectivity index (χ1v) is 7.70. The fraction of sp³-hybridized carbons (Fsp3) is 0.643. The first-order chi connectivity index (χ1) is 9.04. The van der Waals surface area contributed by atoms with Crippen LogP contribution in [0.25, 0.3) is 0 Å². The molecule has 1 aliphatic rings. The summed E-state index contributed by atoms with van der Waals surface area (Å²) in [5.41, 5.74) is -0.0509. The molecule has 1 aliphatic carbocycles. The Kier molecular flexibility index (Phi) is 4.68. The monoisotopic (exact) mass is 328 g/mol. The number of nitrogens with zero attached hydrogens (tertiary/aromatic N) is 1. The van der Waals surface area contributed by atoms with Crippen molar-refractivity contribution >= 4 is 21.8 Å². The third-order valence-electron chi connectivity index (χ3n) is 3.67. The predicted octanol–water partition coefficient (Wildman–Crippen LogP) is 2.70. The Morgan fingerprint density at radius 3 is 2.84 bits per heavy atom. The molecule has 5 heteroatoms. The zero-order valence-electron chi connectivity index (χ0n) is 11.3. The number of halogens is 1. The van der Waals surface area contributed by atoms with Crippen LogP contribution in [-0.2, 0) is 6.54 Å². The Balaban J connectivity index is 1.99. The minimum Gasteiger partial charge on any atom is -0.388 e. The van der Waals surface area contributed by atoms with E-state index in [4.69, 9.17) is 0 Å². The molecule has 19 heavy (non-hydrogen) atoms. The molecule has 0 saturated heterocycles. The summed E-state index contributed by atoms with van der Waals surface area (Å²) < 4.78 is 2.85. The van der Waals surface area contributed by atoms with Crippen LogP contribution in [-0.4, -0.2) is 27.7 Å². The van der Waals surface area contributed by atoms with E-state index in [1.807, 2.05) is 16.8 Å². The van der Waals surface area contributed by atoms with Crippen molar-refractivity contribution in [1.29, 1.82) is 0 Å². The van der Waals surface area contributed by atoms with E-state index in [-0.39, 0.29) is 5.91 Å². The van der Waals surface area contributed by atoms with Crippen molar-refractivity contribution in [2.75, 3.05) is 6.54 Å². The minimum atomic E-state index is -0.699. The number of carbonyl (C=O) groups excluding carboxylic acids is 1. The van der Waals surface area contributed by atoms with Crippen molar-refractivity contribution in [1.82, 2.24) is 9.88 Å². The molecule has 1 amide bonds. The van der Waals surface area contributed by atoms with Gasteiger partial charge in [0.2, 0.25) is 0 Å². The lowest BCUT2D eigenvalue weighted by Crippen LogP contribution is -2.41. The van der Waals surface area contributed by atoms with Gasteiger partial charge >= 0.3 is 0 Å². The fourth-order valence-electron chi connectivity index (χ4n) is 2.64. The number of nitrogens with one attached hydrogen (secondary N) is 1. The van der Waals surface area contributed by atoms with Gasteiger partial charge in [-0.3, -0.25) is 4.79 Å². The van der Waals surface area contributed by atoms with Crippen LogP contribution >= 0.6 is 15.9 Å². The summed E-state index contributed by atoms with van der Waals surface area (Å²) in [4.78, 5) is 12.2. The zero-order valence-corrected chi connectivity index (χ0v) is 12.9. The summed E-state index contributed by atoms with van der Waals surface area (Å²) in [6, 6.07) is 1.82. The van der Waals surface area contributed by atoms with Crippen molar-refractivity contribution in [3.63, 3.8) is 0 Å². The highest BCUT2D eigenvalue weighted by atomic mass is 79.9. The number of hydrogen-bond acceptors (Lipinski definition) is 2. The number of aliphatic hydroxyl groups is 1. The number of hydrogen-bond donors (Lipinski definition) is 2. The fourth-order valence-corrected chi connectivity index (χ4v) is 3.10. The van der Waals surface area contributed by atoms with Crippen molar-refractivity contribution in [3.8, 4) is 0 Å². The van der Waals surface area contributed by atoms with E-state index in [2.05, 4.69) is 28.2 Å². The molecule has 1 aromatic heterocycles. The van der Waals surface area contributed by atoms with Gasteiger partial charge < -0.3 is 15.0 Å². The van der Waals surface area contributed by atoms with Crippen LogP contribution < -0.4 is 5.32 Å². The van der Waals surface area contributed by atoms with Crippen LogP contribution in [0.2, 0.25) is 0 Å². The average molecular weight is 329 g/mol. The third-order valence-corrected chi connectivity index (χ3v) is 4.11. The second-order valence-corrected chi connectivity index (χ2v) is 6.27. The highest BCUT2D eigenvalue weighted by Gasteiger charge is 2.31. The number of aryl methyl sites for hydroxylation is 1. The molecule has 0 radical (unpaired) electrons. The molecule has 2 rings (SSSR count). The molecule has 0 aromatic carbocycles. The molecule has 4 nitrogen and oxygen atoms in total. The lowest BCUT2D eigenvalue weighted by molar-refractivity contribution is 0.0447. The standard InChI is InChI=1S/C14H21BrN2O2/c1-2-7-17-9-11(15)8-12(17)13(18)16-10-14(19)5-3-4-6-14/h8-9,19H,2-7,10H2,1H3,(H,16,18). The summed E-state index contributed by atoms with van der Waals surface area (Å²) in [6.45, 7) is 3.25. The van der Waals surface area contributed by atoms with E-state index in [1.165, 1.54) is 0 Å². The van der Waals surface area contributed by atoms with E-state index in [9.17, 15) is 9.90 Å². The van der Waals surface area contributed by atoms with Gasteiger partial charge in [-0.1, -0.05) is 19.8 Å². The number of amides is 1. The minimum absolute atomic E-state index is 0.112. The summed E-state index contributed by atoms with van der Waals surface area (Å²) in [5.74, 6) is -0.112. The smallest absolute Gasteiger partial charge is 0.268 e. The van der Waals surface area contributed by atoms with Crippen LogP contribution in [0, 0.1) is 0 Å². The molecule has 0 spiro atoms. The Morgan fingerprint density at radius 1 is 1.53 bits per heavy atom. The lowest BCUT2D eigenvalue weighted by Gasteiger charge is -2.22. The second kappa shape index (κ2) is 6.09. The van der Waals surface area contributed by atoms with Crippen LogP contribution in [0.1, 0.15) is 49.5 Å². The van der Waals surface area contributed by atoms with Gasteiger partial charge in [-0.15, -0.1) is 0 Å². The van der Waals surface area contributed by atoms with Gasteiger partial charge in [0.05, 0.1) is 5.60 Å². The van der Waals surface area contributed by atoms with Gasteiger partial charge in [-0.2, -0.15) is 0 Å². The largest absolute Gasteiger partial charge is 0.388 e. The van der Waals surface area contributed by atoms with Crippen LogP contribution in [0.15, 0.2) is 16.7 Å². The SMILES string of the molecule is CCCn1cc(Br)cc1C(=O)NCC1(O)CCCC1. The molecule has 0 atom stereocenters. The first-order valence-electron chi connectivity index (χ1n) is 6.90. The Morgan fingerprint density at radius 2 is 2.21 bits per heavy atom. The molecule has 1 saturated carbocycles. The maximum absolute atomic E-state index is 12.2. The van der Waals surface area contributed by atoms with E-state index in [0.717, 1.165) is 43.1 Å². The normalized spacial score (nSPS) is 17.6. The van der Waals surface area contributed by atoms with E-state index in [0.29, 0.717) is 12.2 Å². The molecule has 1 heterocycles. The van der Waals surface area contributed by atoms with Gasteiger partial charge in [0, 0.05) is 23.8 Å². The first kappa shape index (κ1) is 14.6. The van der Waals surface area contributed by atoms with E-state index >= 15 is 0 Å². The quantitative estimate of drug-likeness (QED) is 0.873. The number of aromatic nitrogens is 1. The van der Waals surface area contributed by atoms with Gasteiger partial charge in [-0.25, -0.2) is 0 Å². The highest BCUT2D eigenvalue weighted by molar-refractivity contribution is 9.10. The molecule has 0 aliphatic heterocycles. The highest BCUT2D eigenvalue weighted by Crippen LogP contribution is 2.28. The van der Waals surface area contributed by atoms with Gasteiger partial charge in [0.15, 0.2) is 0 Å². The molecule has 1 fully saturated rings. The maximum Gasteiger partial charge on any atom is 0.268 e. The molecular formula is C14H21BrN2O2. The van der Waals surface area contributed by atoms with E-state index in [1.54, 1.807) is 0 Å². The van der Waals surface area contributed by atoms with Crippen molar-refractivity contribution in [2.45, 2.75) is 51.2 Å². The average Bonchev–Trinajstić information content (AvgIpc) is 2.94. The van der Waals surface area contributed by atoms with Gasteiger partial charge in [0.1, 0.15) is 5.69 Å².